The van der Waals surface area contributed by atoms with Crippen molar-refractivity contribution in [3.63, 3.8) is 0 Å². The maximum atomic E-state index is 14.2. The molecule has 2 bridgehead atoms. The van der Waals surface area contributed by atoms with Crippen LogP contribution < -0.4 is 0 Å². The van der Waals surface area contributed by atoms with Crippen LogP contribution in [0.3, 0.4) is 0 Å². The number of fused-ring (bicyclic) bond motifs is 3. The summed E-state index contributed by atoms with van der Waals surface area (Å²) in [5, 5.41) is 1.81. The van der Waals surface area contributed by atoms with Crippen LogP contribution in [0.15, 0.2) is 53.5 Å². The molecule has 0 unspecified atom stereocenters. The van der Waals surface area contributed by atoms with Gasteiger partial charge in [-0.1, -0.05) is 61.8 Å². The van der Waals surface area contributed by atoms with E-state index in [1.54, 1.807) is 7.11 Å². The molecule has 8 rings (SSSR count). The number of benzene rings is 2. The Morgan fingerprint density at radius 3 is 2.76 bits per heavy atom. The van der Waals surface area contributed by atoms with E-state index >= 15 is 0 Å². The van der Waals surface area contributed by atoms with E-state index < -0.39 is 11.1 Å². The number of amides is 1. The average molecular weight is 518 g/mol. The van der Waals surface area contributed by atoms with E-state index in [0.717, 1.165) is 48.2 Å². The van der Waals surface area contributed by atoms with Crippen molar-refractivity contribution < 1.29 is 14.3 Å². The minimum absolute atomic E-state index is 0.0703. The van der Waals surface area contributed by atoms with Crippen molar-refractivity contribution in [1.82, 2.24) is 9.47 Å². The van der Waals surface area contributed by atoms with E-state index in [0.29, 0.717) is 24.8 Å². The summed E-state index contributed by atoms with van der Waals surface area (Å²) in [6, 6.07) is 16.3. The molecule has 3 aromatic rings. The second kappa shape index (κ2) is 7.84. The van der Waals surface area contributed by atoms with Gasteiger partial charge in [0, 0.05) is 40.4 Å². The standard InChI is InChI=1S/C30H32ClN3O3/c1-28(2)24-16-29-12-7-13-34(29)27(35)30(24,32-26(29)36-3)15-22-21-11-10-20(31)14-23(21)33(25(22)28)18-37-17-19-8-5-4-6-9-19/h4-6,8-11,14,24H,7,12-13,15-18H2,1-3H3/t24-,29+,30+/m1/s1. The van der Waals surface area contributed by atoms with Crippen molar-refractivity contribution >= 4 is 34.3 Å². The molecule has 6 nitrogen and oxygen atoms in total. The lowest BCUT2D eigenvalue weighted by Crippen LogP contribution is -2.75. The number of hydrogen-bond donors (Lipinski definition) is 0. The van der Waals surface area contributed by atoms with Crippen LogP contribution in [-0.2, 0) is 39.4 Å². The first-order valence-corrected chi connectivity index (χ1v) is 13.6. The first kappa shape index (κ1) is 23.3. The summed E-state index contributed by atoms with van der Waals surface area (Å²) >= 11 is 6.51. The average Bonchev–Trinajstić information content (AvgIpc) is 3.45. The topological polar surface area (TPSA) is 56.1 Å². The van der Waals surface area contributed by atoms with Gasteiger partial charge in [-0.15, -0.1) is 0 Å². The zero-order valence-corrected chi connectivity index (χ0v) is 22.3. The van der Waals surface area contributed by atoms with Gasteiger partial charge in [0.15, 0.2) is 5.54 Å². The van der Waals surface area contributed by atoms with Gasteiger partial charge in [0.2, 0.25) is 5.90 Å². The Kier molecular flexibility index (Phi) is 4.94. The molecule has 4 aliphatic heterocycles. The van der Waals surface area contributed by atoms with Crippen LogP contribution in [0, 0.1) is 5.92 Å². The Labute approximate surface area is 222 Å². The predicted octanol–water partition coefficient (Wildman–Crippen LogP) is 5.48. The lowest BCUT2D eigenvalue weighted by molar-refractivity contribution is -0.155. The Balaban J connectivity index is 1.39. The molecule has 7 heteroatoms. The zero-order chi connectivity index (χ0) is 25.6. The molecule has 2 fully saturated rings. The quantitative estimate of drug-likeness (QED) is 0.460. The number of piperidine rings is 1. The molecule has 3 atom stereocenters. The summed E-state index contributed by atoms with van der Waals surface area (Å²) < 4.78 is 14.5. The molecule has 2 spiro atoms. The number of carbonyl (C=O) groups excluding carboxylic acids is 1. The first-order valence-electron chi connectivity index (χ1n) is 13.2. The largest absolute Gasteiger partial charge is 0.483 e. The SMILES string of the molecule is COC1=N[C@@]23Cc4c(n(COCc5ccccc5)c5cc(Cl)ccc45)C(C)(C)[C@H]2C[C@@]12CCCN2C3=O. The fourth-order valence-corrected chi connectivity index (χ4v) is 8.20. The van der Waals surface area contributed by atoms with E-state index in [9.17, 15) is 4.79 Å². The minimum Gasteiger partial charge on any atom is -0.483 e. The van der Waals surface area contributed by atoms with Gasteiger partial charge in [0.1, 0.15) is 12.3 Å². The molecule has 0 radical (unpaired) electrons. The van der Waals surface area contributed by atoms with Gasteiger partial charge in [-0.25, -0.2) is 4.99 Å². The normalized spacial score (nSPS) is 29.2. The number of rotatable bonds is 4. The molecule has 1 aromatic heterocycles. The lowest BCUT2D eigenvalue weighted by atomic mass is 9.52. The number of carbonyl (C=O) groups is 1. The maximum Gasteiger partial charge on any atom is 0.252 e. The number of halogens is 1. The van der Waals surface area contributed by atoms with Crippen LogP contribution in [0.4, 0.5) is 0 Å². The molecular formula is C30H32ClN3O3. The van der Waals surface area contributed by atoms with Crippen LogP contribution in [0.25, 0.3) is 10.9 Å². The number of hydrogen-bond acceptors (Lipinski definition) is 4. The number of aromatic nitrogens is 1. The molecule has 1 aliphatic carbocycles. The Hall–Kier alpha value is -2.83. The fourth-order valence-electron chi connectivity index (χ4n) is 8.03. The summed E-state index contributed by atoms with van der Waals surface area (Å²) in [5.74, 6) is 0.995. The lowest BCUT2D eigenvalue weighted by Gasteiger charge is -2.62. The van der Waals surface area contributed by atoms with E-state index in [4.69, 9.17) is 26.1 Å². The van der Waals surface area contributed by atoms with E-state index in [-0.39, 0.29) is 17.2 Å². The van der Waals surface area contributed by atoms with Crippen molar-refractivity contribution in [2.24, 2.45) is 10.9 Å². The van der Waals surface area contributed by atoms with Crippen LogP contribution >= 0.6 is 11.6 Å². The summed E-state index contributed by atoms with van der Waals surface area (Å²) in [4.78, 5) is 21.5. The minimum atomic E-state index is -0.836. The molecule has 1 amide bonds. The smallest absolute Gasteiger partial charge is 0.252 e. The third-order valence-electron chi connectivity index (χ3n) is 9.51. The van der Waals surface area contributed by atoms with Crippen molar-refractivity contribution in [2.45, 2.75) is 69.4 Å². The third-order valence-corrected chi connectivity index (χ3v) is 9.74. The van der Waals surface area contributed by atoms with Crippen molar-refractivity contribution in [3.05, 3.63) is 70.4 Å². The van der Waals surface area contributed by atoms with Crippen LogP contribution in [0.1, 0.15) is 49.9 Å². The summed E-state index contributed by atoms with van der Waals surface area (Å²) in [7, 11) is 1.71. The highest BCUT2D eigenvalue weighted by Gasteiger charge is 2.71. The Morgan fingerprint density at radius 2 is 1.97 bits per heavy atom. The predicted molar refractivity (Wildman–Crippen MR) is 144 cm³/mol. The highest BCUT2D eigenvalue weighted by Crippen LogP contribution is 2.61. The van der Waals surface area contributed by atoms with Gasteiger partial charge in [-0.2, -0.15) is 0 Å². The number of methoxy groups -OCH3 is 1. The van der Waals surface area contributed by atoms with Gasteiger partial charge in [0.25, 0.3) is 5.91 Å². The zero-order valence-electron chi connectivity index (χ0n) is 21.6. The van der Waals surface area contributed by atoms with E-state index in [2.05, 4.69) is 41.5 Å². The molecule has 0 N–H and O–H groups in total. The maximum absolute atomic E-state index is 14.2. The summed E-state index contributed by atoms with van der Waals surface area (Å²) in [6.45, 7) is 6.31. The molecular weight excluding hydrogens is 486 g/mol. The highest BCUT2D eigenvalue weighted by molar-refractivity contribution is 6.31. The number of nitrogens with zero attached hydrogens (tertiary/aromatic N) is 3. The Morgan fingerprint density at radius 1 is 1.16 bits per heavy atom. The van der Waals surface area contributed by atoms with Crippen molar-refractivity contribution in [3.8, 4) is 0 Å². The van der Waals surface area contributed by atoms with Gasteiger partial charge in [-0.05, 0) is 42.5 Å². The van der Waals surface area contributed by atoms with Gasteiger partial charge >= 0.3 is 0 Å². The van der Waals surface area contributed by atoms with Crippen LogP contribution in [0.5, 0.6) is 0 Å². The second-order valence-electron chi connectivity index (χ2n) is 11.7. The highest BCUT2D eigenvalue weighted by atomic mass is 35.5. The molecule has 2 saturated heterocycles. The summed E-state index contributed by atoms with van der Waals surface area (Å²) in [5.41, 5.74) is 3.05. The number of aliphatic imine (C=N–C) groups is 1. The molecule has 5 aliphatic rings. The van der Waals surface area contributed by atoms with Crippen LogP contribution in [0.2, 0.25) is 5.02 Å². The monoisotopic (exact) mass is 517 g/mol. The summed E-state index contributed by atoms with van der Waals surface area (Å²) in [6.07, 6.45) is 3.36. The molecule has 37 heavy (non-hydrogen) atoms. The van der Waals surface area contributed by atoms with Gasteiger partial charge < -0.3 is 18.9 Å². The molecule has 2 aromatic carbocycles. The Bertz CT molecular complexity index is 1460. The molecule has 192 valence electrons. The van der Waals surface area contributed by atoms with Crippen LogP contribution in [-0.4, -0.2) is 46.0 Å². The fraction of sp³-hybridized carbons (Fsp3) is 0.467. The van der Waals surface area contributed by atoms with Gasteiger partial charge in [-0.3, -0.25) is 4.79 Å². The van der Waals surface area contributed by atoms with E-state index in [1.165, 1.54) is 11.3 Å². The molecule has 5 heterocycles. The molecule has 0 saturated carbocycles. The van der Waals surface area contributed by atoms with Crippen molar-refractivity contribution in [2.75, 3.05) is 13.7 Å². The number of ether oxygens (including phenoxy) is 2. The first-order chi connectivity index (χ1) is 17.8. The van der Waals surface area contributed by atoms with Gasteiger partial charge in [0.05, 0.1) is 19.2 Å². The van der Waals surface area contributed by atoms with Crippen molar-refractivity contribution in [1.29, 1.82) is 0 Å². The van der Waals surface area contributed by atoms with E-state index in [1.807, 2.05) is 30.3 Å². The third kappa shape index (κ3) is 2.97. The second-order valence-corrected chi connectivity index (χ2v) is 12.1.